The van der Waals surface area contributed by atoms with E-state index in [0.29, 0.717) is 11.7 Å². The van der Waals surface area contributed by atoms with Gasteiger partial charge >= 0.3 is 5.97 Å². The molecule has 3 aromatic rings. The van der Waals surface area contributed by atoms with E-state index in [1.165, 1.54) is 7.11 Å². The van der Waals surface area contributed by atoms with Gasteiger partial charge in [-0.15, -0.1) is 0 Å². The molecule has 3 heterocycles. The fourth-order valence-electron chi connectivity index (χ4n) is 3.42. The van der Waals surface area contributed by atoms with Crippen LogP contribution in [0.25, 0.3) is 0 Å². The van der Waals surface area contributed by atoms with Crippen LogP contribution in [0.15, 0.2) is 81.3 Å². The number of aromatic nitrogens is 1. The third-order valence-electron chi connectivity index (χ3n) is 4.84. The van der Waals surface area contributed by atoms with Crippen LogP contribution in [0.5, 0.6) is 0 Å². The minimum Gasteiger partial charge on any atom is -0.469 e. The summed E-state index contributed by atoms with van der Waals surface area (Å²) >= 11 is 7.14. The Balaban J connectivity index is 1.62. The molecule has 1 aliphatic heterocycles. The van der Waals surface area contributed by atoms with Crippen molar-refractivity contribution in [3.63, 3.8) is 0 Å². The molecule has 8 heteroatoms. The second kappa shape index (κ2) is 9.32. The molecule has 0 unspecified atom stereocenters. The number of pyridine rings is 1. The molecule has 0 bridgehead atoms. The van der Waals surface area contributed by atoms with Gasteiger partial charge in [-0.25, -0.2) is 0 Å². The Labute approximate surface area is 184 Å². The van der Waals surface area contributed by atoms with Crippen molar-refractivity contribution in [2.75, 3.05) is 13.7 Å². The van der Waals surface area contributed by atoms with E-state index in [4.69, 9.17) is 21.4 Å². The number of rotatable bonds is 7. The van der Waals surface area contributed by atoms with Gasteiger partial charge in [0.25, 0.3) is 0 Å². The zero-order chi connectivity index (χ0) is 20.9. The second-order valence-corrected chi connectivity index (χ2v) is 8.18. The Morgan fingerprint density at radius 3 is 2.73 bits per heavy atom. The summed E-state index contributed by atoms with van der Waals surface area (Å²) in [5.41, 5.74) is 0.860. The summed E-state index contributed by atoms with van der Waals surface area (Å²) in [6.07, 6.45) is 1.99. The predicted octanol–water partition coefficient (Wildman–Crippen LogP) is 4.36. The van der Waals surface area contributed by atoms with Crippen LogP contribution >= 0.6 is 24.0 Å². The molecule has 2 aromatic heterocycles. The van der Waals surface area contributed by atoms with Crippen molar-refractivity contribution >= 4 is 35.1 Å². The Morgan fingerprint density at radius 1 is 1.20 bits per heavy atom. The first-order chi connectivity index (χ1) is 14.7. The van der Waals surface area contributed by atoms with Gasteiger partial charge in [-0.1, -0.05) is 36.0 Å². The normalized spacial score (nSPS) is 18.3. The predicted molar refractivity (Wildman–Crippen MR) is 118 cm³/mol. The van der Waals surface area contributed by atoms with Gasteiger partial charge in [0.1, 0.15) is 11.8 Å². The molecule has 2 atom stereocenters. The largest absolute Gasteiger partial charge is 0.469 e. The van der Waals surface area contributed by atoms with E-state index in [9.17, 15) is 4.79 Å². The zero-order valence-corrected chi connectivity index (χ0v) is 18.0. The minimum absolute atomic E-state index is 0.183. The molecule has 0 amide bonds. The molecule has 0 radical (unpaired) electrons. The Bertz CT molecular complexity index is 1010. The fraction of sp³-hybridized carbons (Fsp3) is 0.227. The van der Waals surface area contributed by atoms with Crippen molar-refractivity contribution in [1.29, 1.82) is 0 Å². The van der Waals surface area contributed by atoms with Crippen LogP contribution in [0.2, 0.25) is 0 Å². The van der Waals surface area contributed by atoms with Crippen molar-refractivity contribution in [2.24, 2.45) is 0 Å². The molecule has 0 spiro atoms. The number of furan rings is 1. The van der Waals surface area contributed by atoms with E-state index < -0.39 is 0 Å². The monoisotopic (exact) mass is 439 g/mol. The lowest BCUT2D eigenvalue weighted by Gasteiger charge is -2.25. The van der Waals surface area contributed by atoms with Crippen LogP contribution in [0.3, 0.4) is 0 Å². The highest BCUT2D eigenvalue weighted by atomic mass is 32.2. The fourth-order valence-corrected chi connectivity index (χ4v) is 4.55. The number of ether oxygens (including phenoxy) is 1. The number of nitrogens with one attached hydrogen (secondary N) is 1. The zero-order valence-electron chi connectivity index (χ0n) is 16.4. The smallest absolute Gasteiger partial charge is 0.307 e. The molecule has 1 saturated heterocycles. The van der Waals surface area contributed by atoms with Crippen LogP contribution in [0.1, 0.15) is 30.0 Å². The topological polar surface area (TPSA) is 67.6 Å². The molecule has 4 rings (SSSR count). The quantitative estimate of drug-likeness (QED) is 0.430. The molecule has 1 aliphatic rings. The van der Waals surface area contributed by atoms with Crippen molar-refractivity contribution in [1.82, 2.24) is 15.2 Å². The maximum Gasteiger partial charge on any atom is 0.307 e. The van der Waals surface area contributed by atoms with Crippen LogP contribution in [-0.4, -0.2) is 34.6 Å². The maximum absolute atomic E-state index is 11.7. The van der Waals surface area contributed by atoms with E-state index in [0.717, 1.165) is 21.4 Å². The Hall–Kier alpha value is -2.84. The van der Waals surface area contributed by atoms with Crippen molar-refractivity contribution < 1.29 is 13.9 Å². The summed E-state index contributed by atoms with van der Waals surface area (Å²) in [6.45, 7) is 0.425. The SMILES string of the molecule is COC(=O)CCN1C(=S)N[C@@H](c2ccccn2)[C@H]1c1ccc(Sc2ccccc2)o1. The third-order valence-corrected chi connectivity index (χ3v) is 6.12. The van der Waals surface area contributed by atoms with E-state index in [1.54, 1.807) is 18.0 Å². The second-order valence-electron chi connectivity index (χ2n) is 6.72. The van der Waals surface area contributed by atoms with E-state index >= 15 is 0 Å². The molecule has 0 aliphatic carbocycles. The number of esters is 1. The summed E-state index contributed by atoms with van der Waals surface area (Å²) < 4.78 is 11.0. The highest BCUT2D eigenvalue weighted by molar-refractivity contribution is 7.99. The molecule has 6 nitrogen and oxygen atoms in total. The van der Waals surface area contributed by atoms with Gasteiger partial charge in [0.05, 0.1) is 25.3 Å². The lowest BCUT2D eigenvalue weighted by Crippen LogP contribution is -2.31. The van der Waals surface area contributed by atoms with Crippen molar-refractivity contribution in [3.8, 4) is 0 Å². The number of hydrogen-bond donors (Lipinski definition) is 1. The molecule has 154 valence electrons. The van der Waals surface area contributed by atoms with Crippen molar-refractivity contribution in [2.45, 2.75) is 28.5 Å². The number of carbonyl (C=O) groups is 1. The molecule has 1 N–H and O–H groups in total. The number of methoxy groups -OCH3 is 1. The molecular formula is C22H21N3O3S2. The minimum atomic E-state index is -0.280. The molecule has 1 aromatic carbocycles. The van der Waals surface area contributed by atoms with Crippen LogP contribution < -0.4 is 5.32 Å². The Kier molecular flexibility index (Phi) is 6.35. The highest BCUT2D eigenvalue weighted by Crippen LogP contribution is 2.41. The van der Waals surface area contributed by atoms with Gasteiger partial charge in [0.15, 0.2) is 10.2 Å². The van der Waals surface area contributed by atoms with Gasteiger partial charge < -0.3 is 19.4 Å². The number of benzene rings is 1. The first-order valence-electron chi connectivity index (χ1n) is 9.53. The van der Waals surface area contributed by atoms with Gasteiger partial charge in [-0.2, -0.15) is 0 Å². The highest BCUT2D eigenvalue weighted by Gasteiger charge is 2.41. The van der Waals surface area contributed by atoms with Gasteiger partial charge in [-0.05, 0) is 48.6 Å². The van der Waals surface area contributed by atoms with Gasteiger partial charge in [-0.3, -0.25) is 9.78 Å². The van der Waals surface area contributed by atoms with Gasteiger partial charge in [0.2, 0.25) is 0 Å². The lowest BCUT2D eigenvalue weighted by atomic mass is 10.0. The summed E-state index contributed by atoms with van der Waals surface area (Å²) in [4.78, 5) is 19.3. The number of carbonyl (C=O) groups excluding carboxylic acids is 1. The maximum atomic E-state index is 11.7. The molecule has 0 saturated carbocycles. The standard InChI is InChI=1S/C22H21N3O3S2/c1-27-18(26)12-14-25-21(20(24-22(25)29)16-9-5-6-13-23-16)17-10-11-19(28-17)30-15-7-3-2-4-8-15/h2-11,13,20-21H,12,14H2,1H3,(H,24,29)/t20-,21+/m0/s1. The van der Waals surface area contributed by atoms with Crippen LogP contribution in [0, 0.1) is 0 Å². The number of nitrogens with zero attached hydrogens (tertiary/aromatic N) is 2. The van der Waals surface area contributed by atoms with Crippen LogP contribution in [0.4, 0.5) is 0 Å². The molecular weight excluding hydrogens is 418 g/mol. The first kappa shape index (κ1) is 20.4. The van der Waals surface area contributed by atoms with Crippen LogP contribution in [-0.2, 0) is 9.53 Å². The van der Waals surface area contributed by atoms with E-state index in [1.807, 2.05) is 65.6 Å². The summed E-state index contributed by atoms with van der Waals surface area (Å²) in [5.74, 6) is 0.485. The van der Waals surface area contributed by atoms with E-state index in [2.05, 4.69) is 10.3 Å². The average molecular weight is 440 g/mol. The van der Waals surface area contributed by atoms with E-state index in [-0.39, 0.29) is 24.5 Å². The summed E-state index contributed by atoms with van der Waals surface area (Å²) in [7, 11) is 1.39. The third kappa shape index (κ3) is 4.49. The molecule has 30 heavy (non-hydrogen) atoms. The number of hydrogen-bond acceptors (Lipinski definition) is 6. The first-order valence-corrected chi connectivity index (χ1v) is 10.8. The average Bonchev–Trinajstić information content (AvgIpc) is 3.37. The number of thiocarbonyl (C=S) groups is 1. The molecule has 1 fully saturated rings. The van der Waals surface area contributed by atoms with Crippen molar-refractivity contribution in [3.05, 3.63) is 78.3 Å². The van der Waals surface area contributed by atoms with Gasteiger partial charge in [0, 0.05) is 17.6 Å². The Morgan fingerprint density at radius 2 is 2.00 bits per heavy atom. The summed E-state index contributed by atoms with van der Waals surface area (Å²) in [6, 6.07) is 19.4. The lowest BCUT2D eigenvalue weighted by molar-refractivity contribution is -0.140. The summed E-state index contributed by atoms with van der Waals surface area (Å²) in [5, 5.41) is 4.70.